The SMILES string of the molecule is C=CCCCC[C@@H](O)/C=C/C#CC#CC#CC. The van der Waals surface area contributed by atoms with Crippen molar-refractivity contribution in [3.63, 3.8) is 0 Å². The molecule has 0 spiro atoms. The van der Waals surface area contributed by atoms with Gasteiger partial charge in [0, 0.05) is 0 Å². The number of aliphatic hydroxyl groups excluding tert-OH is 1. The highest BCUT2D eigenvalue weighted by Crippen LogP contribution is 2.04. The summed E-state index contributed by atoms with van der Waals surface area (Å²) in [5, 5.41) is 9.55. The van der Waals surface area contributed by atoms with E-state index in [-0.39, 0.29) is 0 Å². The molecule has 1 heteroatoms. The first kappa shape index (κ1) is 15.1. The number of rotatable bonds is 6. The maximum Gasteiger partial charge on any atom is 0.0730 e. The Hall–Kier alpha value is -1.88. The Labute approximate surface area is 105 Å². The number of unbranched alkanes of at least 4 members (excludes halogenated alkanes) is 2. The standard InChI is InChI=1S/C16H18O/c1-3-5-7-9-10-11-13-15-16(17)14-12-8-6-4-2/h4,13,15-17H,2,6,8,12,14H2,1H3/b15-13+/t16-/m1/s1. The second-order valence-corrected chi connectivity index (χ2v) is 3.39. The van der Waals surface area contributed by atoms with E-state index in [0.717, 1.165) is 25.7 Å². The van der Waals surface area contributed by atoms with Crippen molar-refractivity contribution in [3.05, 3.63) is 24.8 Å². The lowest BCUT2D eigenvalue weighted by Gasteiger charge is -2.02. The van der Waals surface area contributed by atoms with Gasteiger partial charge in [-0.15, -0.1) is 6.58 Å². The van der Waals surface area contributed by atoms with E-state index in [9.17, 15) is 5.11 Å². The van der Waals surface area contributed by atoms with Crippen LogP contribution in [0.3, 0.4) is 0 Å². The van der Waals surface area contributed by atoms with E-state index >= 15 is 0 Å². The van der Waals surface area contributed by atoms with Crippen molar-refractivity contribution in [3.8, 4) is 35.5 Å². The molecule has 0 amide bonds. The van der Waals surface area contributed by atoms with Gasteiger partial charge in [0.2, 0.25) is 0 Å². The van der Waals surface area contributed by atoms with Gasteiger partial charge in [-0.1, -0.05) is 24.3 Å². The van der Waals surface area contributed by atoms with Crippen LogP contribution in [0.1, 0.15) is 32.6 Å². The van der Waals surface area contributed by atoms with E-state index in [2.05, 4.69) is 42.1 Å². The lowest BCUT2D eigenvalue weighted by Crippen LogP contribution is -2.00. The van der Waals surface area contributed by atoms with Gasteiger partial charge in [0.1, 0.15) is 0 Å². The maximum atomic E-state index is 9.55. The van der Waals surface area contributed by atoms with Crippen molar-refractivity contribution in [2.24, 2.45) is 0 Å². The Bertz CT molecular complexity index is 410. The van der Waals surface area contributed by atoms with Crippen LogP contribution in [0.25, 0.3) is 0 Å². The molecule has 0 bridgehead atoms. The van der Waals surface area contributed by atoms with Crippen LogP contribution in [0, 0.1) is 35.5 Å². The second kappa shape index (κ2) is 12.2. The first-order chi connectivity index (χ1) is 8.31. The molecule has 0 aliphatic rings. The molecule has 17 heavy (non-hydrogen) atoms. The van der Waals surface area contributed by atoms with Crippen molar-refractivity contribution < 1.29 is 5.11 Å². The third kappa shape index (κ3) is 12.0. The zero-order chi connectivity index (χ0) is 12.8. The minimum Gasteiger partial charge on any atom is -0.389 e. The summed E-state index contributed by atoms with van der Waals surface area (Å²) in [6.45, 7) is 5.38. The second-order valence-electron chi connectivity index (χ2n) is 3.39. The van der Waals surface area contributed by atoms with Crippen molar-refractivity contribution in [1.29, 1.82) is 0 Å². The van der Waals surface area contributed by atoms with Gasteiger partial charge in [-0.25, -0.2) is 0 Å². The van der Waals surface area contributed by atoms with E-state index in [0.29, 0.717) is 0 Å². The Morgan fingerprint density at radius 1 is 1.18 bits per heavy atom. The molecule has 0 saturated carbocycles. The number of aliphatic hydroxyl groups is 1. The lowest BCUT2D eigenvalue weighted by atomic mass is 10.1. The molecule has 0 heterocycles. The molecule has 1 atom stereocenters. The summed E-state index contributed by atoms with van der Waals surface area (Å²) in [7, 11) is 0. The number of hydrogen-bond donors (Lipinski definition) is 1. The van der Waals surface area contributed by atoms with E-state index < -0.39 is 6.10 Å². The van der Waals surface area contributed by atoms with Crippen LogP contribution in [0.5, 0.6) is 0 Å². The zero-order valence-electron chi connectivity index (χ0n) is 10.3. The van der Waals surface area contributed by atoms with E-state index in [1.807, 2.05) is 6.08 Å². The van der Waals surface area contributed by atoms with Crippen LogP contribution >= 0.6 is 0 Å². The zero-order valence-corrected chi connectivity index (χ0v) is 10.3. The molecular formula is C16H18O. The molecule has 0 rings (SSSR count). The molecule has 0 unspecified atom stereocenters. The van der Waals surface area contributed by atoms with Gasteiger partial charge in [-0.2, -0.15) is 0 Å². The molecule has 0 aliphatic heterocycles. The van der Waals surface area contributed by atoms with E-state index in [1.165, 1.54) is 0 Å². The molecule has 1 N–H and O–H groups in total. The van der Waals surface area contributed by atoms with Crippen LogP contribution in [0.2, 0.25) is 0 Å². The molecular weight excluding hydrogens is 208 g/mol. The molecule has 88 valence electrons. The Kier molecular flexibility index (Phi) is 10.8. The van der Waals surface area contributed by atoms with Gasteiger partial charge in [0.05, 0.1) is 6.10 Å². The predicted molar refractivity (Wildman–Crippen MR) is 72.8 cm³/mol. The molecule has 1 nitrogen and oxygen atoms in total. The van der Waals surface area contributed by atoms with Gasteiger partial charge in [0.15, 0.2) is 0 Å². The molecule has 0 aromatic heterocycles. The van der Waals surface area contributed by atoms with Crippen molar-refractivity contribution in [2.45, 2.75) is 38.7 Å². The topological polar surface area (TPSA) is 20.2 Å². The normalized spacial score (nSPS) is 10.2. The Morgan fingerprint density at radius 3 is 2.65 bits per heavy atom. The predicted octanol–water partition coefficient (Wildman–Crippen LogP) is 2.68. The minimum absolute atomic E-state index is 0.419. The quantitative estimate of drug-likeness (QED) is 0.419. The number of hydrogen-bond acceptors (Lipinski definition) is 1. The third-order valence-corrected chi connectivity index (χ3v) is 1.94. The van der Waals surface area contributed by atoms with Crippen LogP contribution in [0.4, 0.5) is 0 Å². The molecule has 0 aliphatic carbocycles. The first-order valence-electron chi connectivity index (χ1n) is 5.69. The summed E-state index contributed by atoms with van der Waals surface area (Å²) in [5.74, 6) is 15.8. The summed E-state index contributed by atoms with van der Waals surface area (Å²) < 4.78 is 0. The van der Waals surface area contributed by atoms with Gasteiger partial charge in [-0.05, 0) is 62.0 Å². The molecule has 0 saturated heterocycles. The van der Waals surface area contributed by atoms with Crippen LogP contribution in [0.15, 0.2) is 24.8 Å². The summed E-state index contributed by atoms with van der Waals surface area (Å²) in [6.07, 6.45) is 8.63. The highest BCUT2D eigenvalue weighted by atomic mass is 16.3. The smallest absolute Gasteiger partial charge is 0.0730 e. The minimum atomic E-state index is -0.419. The van der Waals surface area contributed by atoms with Crippen LogP contribution in [-0.2, 0) is 0 Å². The maximum absolute atomic E-state index is 9.55. The average molecular weight is 226 g/mol. The fourth-order valence-electron chi connectivity index (χ4n) is 1.10. The fraction of sp³-hybridized carbons (Fsp3) is 0.375. The van der Waals surface area contributed by atoms with Crippen LogP contribution < -0.4 is 0 Å². The fourth-order valence-corrected chi connectivity index (χ4v) is 1.10. The summed E-state index contributed by atoms with van der Waals surface area (Å²) >= 11 is 0. The van der Waals surface area contributed by atoms with Crippen molar-refractivity contribution in [1.82, 2.24) is 0 Å². The largest absolute Gasteiger partial charge is 0.389 e. The lowest BCUT2D eigenvalue weighted by molar-refractivity contribution is 0.208. The van der Waals surface area contributed by atoms with Gasteiger partial charge < -0.3 is 5.11 Å². The van der Waals surface area contributed by atoms with Gasteiger partial charge in [0.25, 0.3) is 0 Å². The van der Waals surface area contributed by atoms with Crippen molar-refractivity contribution >= 4 is 0 Å². The summed E-state index contributed by atoms with van der Waals surface area (Å²) in [4.78, 5) is 0. The molecule has 0 radical (unpaired) electrons. The Morgan fingerprint density at radius 2 is 1.94 bits per heavy atom. The van der Waals surface area contributed by atoms with Crippen molar-refractivity contribution in [2.75, 3.05) is 0 Å². The monoisotopic (exact) mass is 226 g/mol. The molecule has 0 aromatic rings. The first-order valence-corrected chi connectivity index (χ1v) is 5.69. The number of allylic oxidation sites excluding steroid dienone is 2. The highest BCUT2D eigenvalue weighted by molar-refractivity contribution is 5.37. The molecule has 0 aromatic carbocycles. The van der Waals surface area contributed by atoms with E-state index in [1.54, 1.807) is 19.1 Å². The highest BCUT2D eigenvalue weighted by Gasteiger charge is 1.96. The average Bonchev–Trinajstić information content (AvgIpc) is 2.33. The third-order valence-electron chi connectivity index (χ3n) is 1.94. The summed E-state index contributed by atoms with van der Waals surface area (Å²) in [6, 6.07) is 0. The van der Waals surface area contributed by atoms with E-state index in [4.69, 9.17) is 0 Å². The van der Waals surface area contributed by atoms with Crippen LogP contribution in [-0.4, -0.2) is 11.2 Å². The molecule has 0 fully saturated rings. The summed E-state index contributed by atoms with van der Waals surface area (Å²) in [5.41, 5.74) is 0. The Balaban J connectivity index is 3.79. The van der Waals surface area contributed by atoms with Gasteiger partial charge >= 0.3 is 0 Å². The van der Waals surface area contributed by atoms with Gasteiger partial charge in [-0.3, -0.25) is 0 Å².